The van der Waals surface area contributed by atoms with Crippen LogP contribution in [0.2, 0.25) is 0 Å². The molecule has 3 aromatic carbocycles. The maximum atomic E-state index is 13.3. The van der Waals surface area contributed by atoms with Crippen molar-refractivity contribution in [2.75, 3.05) is 5.32 Å². The number of carbonyl (C=O) groups is 1. The topological polar surface area (TPSA) is 46.9 Å². The fourth-order valence-electron chi connectivity index (χ4n) is 3.51. The normalized spacial score (nSPS) is 12.2. The number of carbonyl (C=O) groups excluding carboxylic acids is 1. The van der Waals surface area contributed by atoms with E-state index < -0.39 is 35.0 Å². The molecule has 0 radical (unpaired) electrons. The molecule has 0 bridgehead atoms. The van der Waals surface area contributed by atoms with Gasteiger partial charge in [-0.2, -0.15) is 26.3 Å². The van der Waals surface area contributed by atoms with E-state index in [0.717, 1.165) is 18.2 Å². The molecule has 0 unspecified atom stereocenters. The van der Waals surface area contributed by atoms with Gasteiger partial charge in [0.05, 0.1) is 34.1 Å². The van der Waals surface area contributed by atoms with Crippen molar-refractivity contribution in [1.29, 1.82) is 0 Å². The SMILES string of the molecule is O=C(Nc1ccc2ncn(Cc3ccccc3C(F)(F)F)c2c1)c1ccccc1C(F)(F)F. The van der Waals surface area contributed by atoms with E-state index in [9.17, 15) is 31.1 Å². The Morgan fingerprint density at radius 1 is 0.848 bits per heavy atom. The lowest BCUT2D eigenvalue weighted by Gasteiger charge is -2.14. The average molecular weight is 463 g/mol. The summed E-state index contributed by atoms with van der Waals surface area (Å²) >= 11 is 0. The number of alkyl halides is 6. The second kappa shape index (κ2) is 8.27. The number of amides is 1. The summed E-state index contributed by atoms with van der Waals surface area (Å²) in [6.45, 7) is -0.138. The second-order valence-electron chi connectivity index (χ2n) is 7.23. The highest BCUT2D eigenvalue weighted by atomic mass is 19.4. The number of anilines is 1. The van der Waals surface area contributed by atoms with Gasteiger partial charge in [-0.1, -0.05) is 30.3 Å². The molecule has 170 valence electrons. The van der Waals surface area contributed by atoms with Gasteiger partial charge >= 0.3 is 12.4 Å². The van der Waals surface area contributed by atoms with Crippen LogP contribution >= 0.6 is 0 Å². The highest BCUT2D eigenvalue weighted by molar-refractivity contribution is 6.06. The molecule has 1 aromatic heterocycles. The predicted molar refractivity (Wildman–Crippen MR) is 110 cm³/mol. The molecule has 0 saturated heterocycles. The Kier molecular flexibility index (Phi) is 5.61. The van der Waals surface area contributed by atoms with Crippen LogP contribution in [0, 0.1) is 0 Å². The van der Waals surface area contributed by atoms with Crippen LogP contribution in [0.15, 0.2) is 73.1 Å². The highest BCUT2D eigenvalue weighted by Crippen LogP contribution is 2.34. The number of nitrogens with zero attached hydrogens (tertiary/aromatic N) is 2. The summed E-state index contributed by atoms with van der Waals surface area (Å²) in [5.41, 5.74) is -1.33. The van der Waals surface area contributed by atoms with Crippen LogP contribution in [0.1, 0.15) is 27.0 Å². The zero-order valence-corrected chi connectivity index (χ0v) is 16.7. The van der Waals surface area contributed by atoms with E-state index in [0.29, 0.717) is 11.0 Å². The van der Waals surface area contributed by atoms with Crippen molar-refractivity contribution in [3.8, 4) is 0 Å². The minimum absolute atomic E-state index is 0.0258. The lowest BCUT2D eigenvalue weighted by Crippen LogP contribution is -2.18. The summed E-state index contributed by atoms with van der Waals surface area (Å²) in [5.74, 6) is -0.962. The number of benzene rings is 3. The summed E-state index contributed by atoms with van der Waals surface area (Å²) in [7, 11) is 0. The number of fused-ring (bicyclic) bond motifs is 1. The molecule has 4 nitrogen and oxygen atoms in total. The number of aromatic nitrogens is 2. The van der Waals surface area contributed by atoms with Gasteiger partial charge in [-0.25, -0.2) is 4.98 Å². The Bertz CT molecular complexity index is 1320. The lowest BCUT2D eigenvalue weighted by molar-refractivity contribution is -0.138. The van der Waals surface area contributed by atoms with Crippen molar-refractivity contribution in [2.45, 2.75) is 18.9 Å². The third-order valence-corrected chi connectivity index (χ3v) is 5.02. The van der Waals surface area contributed by atoms with Gasteiger partial charge in [-0.3, -0.25) is 4.79 Å². The molecule has 1 N–H and O–H groups in total. The zero-order chi connectivity index (χ0) is 23.8. The number of rotatable bonds is 4. The van der Waals surface area contributed by atoms with Crippen LogP contribution in [-0.2, 0) is 18.9 Å². The molecular formula is C23H15F6N3O. The van der Waals surface area contributed by atoms with Crippen molar-refractivity contribution in [3.05, 3.63) is 95.3 Å². The number of hydrogen-bond donors (Lipinski definition) is 1. The first-order valence-electron chi connectivity index (χ1n) is 9.61. The van der Waals surface area contributed by atoms with Crippen LogP contribution in [0.5, 0.6) is 0 Å². The van der Waals surface area contributed by atoms with Crippen molar-refractivity contribution in [1.82, 2.24) is 9.55 Å². The average Bonchev–Trinajstić information content (AvgIpc) is 3.15. The van der Waals surface area contributed by atoms with Gasteiger partial charge in [0.15, 0.2) is 0 Å². The van der Waals surface area contributed by atoms with E-state index >= 15 is 0 Å². The summed E-state index contributed by atoms with van der Waals surface area (Å²) in [5, 5.41) is 2.42. The molecule has 0 atom stereocenters. The van der Waals surface area contributed by atoms with Crippen molar-refractivity contribution in [3.63, 3.8) is 0 Å². The predicted octanol–water partition coefficient (Wildman–Crippen LogP) is 6.37. The number of halogens is 6. The van der Waals surface area contributed by atoms with Crippen molar-refractivity contribution < 1.29 is 31.1 Å². The van der Waals surface area contributed by atoms with E-state index in [4.69, 9.17) is 0 Å². The van der Waals surface area contributed by atoms with E-state index in [1.54, 1.807) is 0 Å². The molecular weight excluding hydrogens is 448 g/mol. The maximum Gasteiger partial charge on any atom is 0.417 e. The first-order valence-corrected chi connectivity index (χ1v) is 9.61. The molecule has 0 aliphatic heterocycles. The molecule has 4 rings (SSSR count). The Morgan fingerprint density at radius 2 is 1.48 bits per heavy atom. The third-order valence-electron chi connectivity index (χ3n) is 5.02. The maximum absolute atomic E-state index is 13.3. The van der Waals surface area contributed by atoms with Gasteiger partial charge in [0.1, 0.15) is 0 Å². The monoisotopic (exact) mass is 463 g/mol. The molecule has 0 aliphatic carbocycles. The Morgan fingerprint density at radius 3 is 2.18 bits per heavy atom. The Labute approximate surface area is 183 Å². The summed E-state index contributed by atoms with van der Waals surface area (Å²) < 4.78 is 81.1. The molecule has 33 heavy (non-hydrogen) atoms. The van der Waals surface area contributed by atoms with Crippen LogP contribution < -0.4 is 5.32 Å². The quantitative estimate of drug-likeness (QED) is 0.357. The molecule has 1 heterocycles. The largest absolute Gasteiger partial charge is 0.417 e. The first kappa shape index (κ1) is 22.4. The molecule has 0 fully saturated rings. The second-order valence-corrected chi connectivity index (χ2v) is 7.23. The number of nitrogens with one attached hydrogen (secondary N) is 1. The minimum Gasteiger partial charge on any atom is -0.326 e. The van der Waals surface area contributed by atoms with Crippen molar-refractivity contribution >= 4 is 22.6 Å². The summed E-state index contributed by atoms with van der Waals surface area (Å²) in [4.78, 5) is 16.7. The van der Waals surface area contributed by atoms with E-state index in [2.05, 4.69) is 10.3 Å². The standard InChI is InChI=1S/C23H15F6N3O/c24-22(25,26)17-7-3-1-5-14(17)12-32-13-30-19-10-9-15(11-20(19)32)31-21(33)16-6-2-4-8-18(16)23(27,28)29/h1-11,13H,12H2,(H,31,33). The highest BCUT2D eigenvalue weighted by Gasteiger charge is 2.35. The molecule has 0 aliphatic rings. The van der Waals surface area contributed by atoms with E-state index in [-0.39, 0.29) is 17.8 Å². The molecule has 1 amide bonds. The summed E-state index contributed by atoms with van der Waals surface area (Å²) in [6, 6.07) is 13.9. The Balaban J connectivity index is 1.65. The zero-order valence-electron chi connectivity index (χ0n) is 16.7. The summed E-state index contributed by atoms with van der Waals surface area (Å²) in [6.07, 6.45) is -7.87. The van der Waals surface area contributed by atoms with Crippen LogP contribution in [0.25, 0.3) is 11.0 Å². The fraction of sp³-hybridized carbons (Fsp3) is 0.130. The van der Waals surface area contributed by atoms with E-state index in [1.807, 2.05) is 0 Å². The van der Waals surface area contributed by atoms with Gasteiger partial charge in [-0.05, 0) is 42.0 Å². The van der Waals surface area contributed by atoms with E-state index in [1.165, 1.54) is 59.4 Å². The molecule has 0 spiro atoms. The van der Waals surface area contributed by atoms with Gasteiger partial charge in [0.25, 0.3) is 5.91 Å². The number of imidazole rings is 1. The van der Waals surface area contributed by atoms with Crippen LogP contribution in [-0.4, -0.2) is 15.5 Å². The van der Waals surface area contributed by atoms with Gasteiger partial charge < -0.3 is 9.88 Å². The molecule has 4 aromatic rings. The van der Waals surface area contributed by atoms with Crippen molar-refractivity contribution in [2.24, 2.45) is 0 Å². The van der Waals surface area contributed by atoms with Crippen LogP contribution in [0.3, 0.4) is 0 Å². The fourth-order valence-corrected chi connectivity index (χ4v) is 3.51. The van der Waals surface area contributed by atoms with Gasteiger partial charge in [0.2, 0.25) is 0 Å². The lowest BCUT2D eigenvalue weighted by atomic mass is 10.1. The first-order chi connectivity index (χ1) is 15.5. The van der Waals surface area contributed by atoms with Gasteiger partial charge in [0, 0.05) is 12.2 Å². The third kappa shape index (κ3) is 4.69. The Hall–Kier alpha value is -3.82. The van der Waals surface area contributed by atoms with Gasteiger partial charge in [-0.15, -0.1) is 0 Å². The molecule has 0 saturated carbocycles. The smallest absolute Gasteiger partial charge is 0.326 e. The van der Waals surface area contributed by atoms with Crippen LogP contribution in [0.4, 0.5) is 32.0 Å². The minimum atomic E-state index is -4.71. The number of hydrogen-bond acceptors (Lipinski definition) is 2. The molecule has 10 heteroatoms.